The van der Waals surface area contributed by atoms with E-state index in [1.807, 2.05) is 66.7 Å². The van der Waals surface area contributed by atoms with E-state index >= 15 is 4.79 Å². The summed E-state index contributed by atoms with van der Waals surface area (Å²) >= 11 is 0. The number of esters is 1. The second-order valence-electron chi connectivity index (χ2n) is 15.4. The maximum Gasteiger partial charge on any atom is 0.327 e. The molecule has 3 aromatic carbocycles. The molecule has 3 heterocycles. The lowest BCUT2D eigenvalue weighted by atomic mass is 9.62. The third kappa shape index (κ3) is 6.63. The van der Waals surface area contributed by atoms with E-state index < -0.39 is 65.5 Å². The highest BCUT2D eigenvalue weighted by Gasteiger charge is 2.77. The molecular formula is C42H46N4O9. The van der Waals surface area contributed by atoms with Crippen molar-refractivity contribution in [1.82, 2.24) is 20.2 Å². The fraction of sp³-hybridized carbons (Fsp3) is 0.429. The molecule has 288 valence electrons. The quantitative estimate of drug-likeness (QED) is 0.221. The standard InChI is InChI=1S/C42H46N4O9/c1-44(2)33(48)17-16-27-12-9-13-28(20-27)25-46-36-39(50)52-32-24-42(36,40(51)45(3)31(38(49)43-18-19-47)21-26-10-5-4-6-11-26)37(55-46)35-34(32)53-41(54-35)22-29-14-7-8-15-30(29)23-41/h4-17,20,31-32,34-37,47H,18-19,21-25H2,1-3H3,(H,43,49)/t31-,32-,34+,35+,36+,37-,42+/m1/s1. The van der Waals surface area contributed by atoms with Crippen LogP contribution in [0.4, 0.5) is 0 Å². The monoisotopic (exact) mass is 750 g/mol. The molecular weight excluding hydrogens is 704 g/mol. The number of amides is 3. The number of nitrogens with one attached hydrogen (secondary N) is 1. The molecule has 4 fully saturated rings. The second kappa shape index (κ2) is 14.6. The van der Waals surface area contributed by atoms with Gasteiger partial charge in [-0.15, -0.1) is 0 Å². The first-order chi connectivity index (χ1) is 26.5. The zero-order valence-corrected chi connectivity index (χ0v) is 31.1. The van der Waals surface area contributed by atoms with Crippen LogP contribution in [0.1, 0.15) is 34.2 Å². The molecule has 2 N–H and O–H groups in total. The number of hydroxylamine groups is 2. The van der Waals surface area contributed by atoms with Crippen LogP contribution in [0.25, 0.3) is 6.08 Å². The van der Waals surface area contributed by atoms with Crippen molar-refractivity contribution in [2.24, 2.45) is 5.41 Å². The Kier molecular flexibility index (Phi) is 9.85. The molecule has 3 aromatic rings. The minimum Gasteiger partial charge on any atom is -0.458 e. The number of benzene rings is 3. The average Bonchev–Trinajstić information content (AvgIpc) is 3.86. The lowest BCUT2D eigenvalue weighted by Crippen LogP contribution is -2.70. The third-order valence-corrected chi connectivity index (χ3v) is 11.6. The van der Waals surface area contributed by atoms with Gasteiger partial charge in [0.15, 0.2) is 11.8 Å². The molecule has 0 radical (unpaired) electrons. The van der Waals surface area contributed by atoms with Gasteiger partial charge < -0.3 is 34.4 Å². The van der Waals surface area contributed by atoms with E-state index in [1.54, 1.807) is 27.2 Å². The summed E-state index contributed by atoms with van der Waals surface area (Å²) in [6.07, 6.45) is 1.30. The third-order valence-electron chi connectivity index (χ3n) is 11.6. The van der Waals surface area contributed by atoms with Crippen molar-refractivity contribution in [1.29, 1.82) is 0 Å². The van der Waals surface area contributed by atoms with Gasteiger partial charge in [-0.25, -0.2) is 0 Å². The Hall–Kier alpha value is -4.92. The predicted molar refractivity (Wildman–Crippen MR) is 198 cm³/mol. The molecule has 8 rings (SSSR count). The first-order valence-corrected chi connectivity index (χ1v) is 18.8. The fourth-order valence-corrected chi connectivity index (χ4v) is 9.04. The molecule has 13 nitrogen and oxygen atoms in total. The van der Waals surface area contributed by atoms with Crippen LogP contribution in [-0.2, 0) is 64.0 Å². The number of likely N-dealkylation sites (N-methyl/N-ethyl adjacent to an activating group) is 2. The zero-order valence-electron chi connectivity index (χ0n) is 31.1. The zero-order chi connectivity index (χ0) is 38.5. The number of fused-ring (bicyclic) bond motifs is 5. The van der Waals surface area contributed by atoms with E-state index in [-0.39, 0.29) is 38.4 Å². The van der Waals surface area contributed by atoms with Gasteiger partial charge >= 0.3 is 5.97 Å². The summed E-state index contributed by atoms with van der Waals surface area (Å²) in [5.74, 6) is -2.66. The number of carbonyl (C=O) groups excluding carboxylic acids is 4. The van der Waals surface area contributed by atoms with E-state index in [1.165, 1.54) is 20.9 Å². The van der Waals surface area contributed by atoms with Gasteiger partial charge in [-0.3, -0.25) is 24.0 Å². The second-order valence-corrected chi connectivity index (χ2v) is 15.4. The number of ether oxygens (including phenoxy) is 3. The first-order valence-electron chi connectivity index (χ1n) is 18.8. The number of rotatable bonds is 11. The molecule has 3 aliphatic heterocycles. The molecule has 5 aliphatic rings. The predicted octanol–water partition coefficient (Wildman–Crippen LogP) is 2.05. The summed E-state index contributed by atoms with van der Waals surface area (Å²) in [7, 11) is 4.94. The highest BCUT2D eigenvalue weighted by Crippen LogP contribution is 2.59. The number of carbonyl (C=O) groups is 4. The Balaban J connectivity index is 1.16. The fourth-order valence-electron chi connectivity index (χ4n) is 9.04. The van der Waals surface area contributed by atoms with Crippen LogP contribution in [0.2, 0.25) is 0 Å². The molecule has 3 amide bonds. The minimum absolute atomic E-state index is 0.0186. The summed E-state index contributed by atoms with van der Waals surface area (Å²) in [4.78, 5) is 65.5. The molecule has 13 heteroatoms. The Morgan fingerprint density at radius 3 is 2.35 bits per heavy atom. The van der Waals surface area contributed by atoms with Crippen LogP contribution in [0.5, 0.6) is 0 Å². The van der Waals surface area contributed by atoms with Crippen LogP contribution in [0, 0.1) is 5.41 Å². The normalized spacial score (nSPS) is 27.7. The largest absolute Gasteiger partial charge is 0.458 e. The molecule has 0 unspecified atom stereocenters. The van der Waals surface area contributed by atoms with E-state index in [0.717, 1.165) is 27.8 Å². The van der Waals surface area contributed by atoms with Gasteiger partial charge in [0.1, 0.15) is 35.9 Å². The summed E-state index contributed by atoms with van der Waals surface area (Å²) in [6, 6.07) is 22.8. The number of aliphatic hydroxyl groups is 1. The van der Waals surface area contributed by atoms with Gasteiger partial charge in [0.2, 0.25) is 17.7 Å². The number of hydrogen-bond donors (Lipinski definition) is 2. The van der Waals surface area contributed by atoms with Crippen LogP contribution < -0.4 is 5.32 Å². The van der Waals surface area contributed by atoms with Crippen LogP contribution in [-0.4, -0.2) is 120 Å². The maximum absolute atomic E-state index is 15.4. The molecule has 1 spiro atoms. The molecule has 55 heavy (non-hydrogen) atoms. The summed E-state index contributed by atoms with van der Waals surface area (Å²) in [5, 5.41) is 13.8. The number of nitrogens with zero attached hydrogens (tertiary/aromatic N) is 3. The summed E-state index contributed by atoms with van der Waals surface area (Å²) in [6.45, 7) is -0.131. The van der Waals surface area contributed by atoms with Gasteiger partial charge in [0.05, 0.1) is 13.2 Å². The smallest absolute Gasteiger partial charge is 0.327 e. The van der Waals surface area contributed by atoms with E-state index in [9.17, 15) is 19.5 Å². The molecule has 2 bridgehead atoms. The Morgan fingerprint density at radius 1 is 0.945 bits per heavy atom. The topological polar surface area (TPSA) is 147 Å². The van der Waals surface area contributed by atoms with Gasteiger partial charge in [-0.1, -0.05) is 78.9 Å². The van der Waals surface area contributed by atoms with Gasteiger partial charge in [0, 0.05) is 59.4 Å². The molecule has 7 atom stereocenters. The van der Waals surface area contributed by atoms with Crippen molar-refractivity contribution < 1.29 is 43.3 Å². The van der Waals surface area contributed by atoms with E-state index in [2.05, 4.69) is 17.4 Å². The van der Waals surface area contributed by atoms with Crippen molar-refractivity contribution in [2.45, 2.75) is 74.5 Å². The van der Waals surface area contributed by atoms with Crippen molar-refractivity contribution in [3.8, 4) is 0 Å². The van der Waals surface area contributed by atoms with Crippen molar-refractivity contribution in [3.63, 3.8) is 0 Å². The molecule has 1 saturated carbocycles. The Bertz CT molecular complexity index is 1980. The highest BCUT2D eigenvalue weighted by atomic mass is 16.8. The van der Waals surface area contributed by atoms with Gasteiger partial charge in [-0.2, -0.15) is 5.06 Å². The highest BCUT2D eigenvalue weighted by molar-refractivity contribution is 5.96. The van der Waals surface area contributed by atoms with E-state index in [4.69, 9.17) is 19.0 Å². The van der Waals surface area contributed by atoms with Crippen LogP contribution in [0.15, 0.2) is 84.9 Å². The number of aliphatic hydroxyl groups excluding tert-OH is 1. The van der Waals surface area contributed by atoms with Crippen molar-refractivity contribution >= 4 is 29.8 Å². The Labute approximate surface area is 319 Å². The lowest BCUT2D eigenvalue weighted by molar-refractivity contribution is -0.218. The summed E-state index contributed by atoms with van der Waals surface area (Å²) < 4.78 is 19.8. The number of hydrogen-bond acceptors (Lipinski definition) is 10. The Morgan fingerprint density at radius 2 is 1.64 bits per heavy atom. The SMILES string of the molecule is CN(C)C(=O)C=Cc1cccc(CN2O[C@@H]3[C@H]4OC5(Cc6ccccc6C5)O[C@H]4[C@H]4C[C@]3(C(=O)N(C)[C@H](Cc3ccccc3)C(=O)NCCO)[C@@H]2C(=O)O4)c1. The lowest BCUT2D eigenvalue weighted by Gasteiger charge is -2.50. The van der Waals surface area contributed by atoms with E-state index in [0.29, 0.717) is 12.8 Å². The van der Waals surface area contributed by atoms with Gasteiger partial charge in [0.25, 0.3) is 0 Å². The van der Waals surface area contributed by atoms with Crippen LogP contribution >= 0.6 is 0 Å². The molecule has 2 aliphatic carbocycles. The van der Waals surface area contributed by atoms with Crippen molar-refractivity contribution in [2.75, 3.05) is 34.3 Å². The van der Waals surface area contributed by atoms with Crippen molar-refractivity contribution in [3.05, 3.63) is 113 Å². The van der Waals surface area contributed by atoms with Crippen LogP contribution in [0.3, 0.4) is 0 Å². The average molecular weight is 751 g/mol. The molecule has 0 aromatic heterocycles. The van der Waals surface area contributed by atoms with Gasteiger partial charge in [-0.05, 0) is 33.9 Å². The molecule has 3 saturated heterocycles. The summed E-state index contributed by atoms with van der Waals surface area (Å²) in [5.41, 5.74) is 3.10. The first kappa shape index (κ1) is 37.0. The minimum atomic E-state index is -1.50. The maximum atomic E-state index is 15.4.